The van der Waals surface area contributed by atoms with E-state index in [9.17, 15) is 0 Å². The molecule has 1 aliphatic heterocycles. The zero-order valence-corrected chi connectivity index (χ0v) is 7.83. The van der Waals surface area contributed by atoms with E-state index in [4.69, 9.17) is 12.2 Å². The topological polar surface area (TPSA) is 39.3 Å². The third-order valence-electron chi connectivity index (χ3n) is 1.39. The highest BCUT2D eigenvalue weighted by atomic mass is 32.1. The normalized spacial score (nSPS) is 24.5. The van der Waals surface area contributed by atoms with Gasteiger partial charge in [-0.3, -0.25) is 10.4 Å². The SMILES string of the molecule is CC(C)NN1C(=S)NN[C@@H]1C. The molecule has 0 aromatic rings. The second-order valence-corrected chi connectivity index (χ2v) is 3.29. The van der Waals surface area contributed by atoms with E-state index < -0.39 is 0 Å². The Kier molecular flexibility index (Phi) is 2.64. The number of nitrogens with zero attached hydrogens (tertiary/aromatic N) is 1. The van der Waals surface area contributed by atoms with Crippen LogP contribution in [0.1, 0.15) is 20.8 Å². The van der Waals surface area contributed by atoms with Crippen LogP contribution < -0.4 is 16.3 Å². The van der Waals surface area contributed by atoms with E-state index in [1.54, 1.807) is 0 Å². The molecule has 0 aromatic carbocycles. The summed E-state index contributed by atoms with van der Waals surface area (Å²) in [5, 5.41) is 2.60. The minimum atomic E-state index is 0.213. The highest BCUT2D eigenvalue weighted by molar-refractivity contribution is 7.80. The Hall–Kier alpha value is -0.390. The number of nitrogens with one attached hydrogen (secondary N) is 3. The second-order valence-electron chi connectivity index (χ2n) is 2.90. The molecular formula is C6H14N4S. The van der Waals surface area contributed by atoms with Gasteiger partial charge in [-0.2, -0.15) is 0 Å². The first-order valence-corrected chi connectivity index (χ1v) is 4.13. The van der Waals surface area contributed by atoms with Crippen molar-refractivity contribution in [2.24, 2.45) is 0 Å². The van der Waals surface area contributed by atoms with E-state index in [-0.39, 0.29) is 6.17 Å². The average molecular weight is 174 g/mol. The Morgan fingerprint density at radius 2 is 2.27 bits per heavy atom. The van der Waals surface area contributed by atoms with E-state index in [0.29, 0.717) is 11.2 Å². The van der Waals surface area contributed by atoms with E-state index in [0.717, 1.165) is 0 Å². The third-order valence-corrected chi connectivity index (χ3v) is 1.69. The maximum Gasteiger partial charge on any atom is 0.199 e. The molecule has 0 saturated carbocycles. The molecule has 1 aliphatic rings. The quantitative estimate of drug-likeness (QED) is 0.512. The molecule has 4 nitrogen and oxygen atoms in total. The van der Waals surface area contributed by atoms with Gasteiger partial charge < -0.3 is 0 Å². The monoisotopic (exact) mass is 174 g/mol. The minimum Gasteiger partial charge on any atom is -0.295 e. The molecule has 11 heavy (non-hydrogen) atoms. The van der Waals surface area contributed by atoms with E-state index in [2.05, 4.69) is 30.1 Å². The van der Waals surface area contributed by atoms with E-state index in [1.807, 2.05) is 11.9 Å². The summed E-state index contributed by atoms with van der Waals surface area (Å²) in [5.41, 5.74) is 9.07. The van der Waals surface area contributed by atoms with Crippen LogP contribution in [-0.4, -0.2) is 22.3 Å². The van der Waals surface area contributed by atoms with Gasteiger partial charge in [0.1, 0.15) is 6.17 Å². The molecule has 0 amide bonds. The average Bonchev–Trinajstić information content (AvgIpc) is 2.18. The smallest absolute Gasteiger partial charge is 0.199 e. The lowest BCUT2D eigenvalue weighted by molar-refractivity contribution is 0.224. The van der Waals surface area contributed by atoms with Crippen LogP contribution >= 0.6 is 12.2 Å². The van der Waals surface area contributed by atoms with Crippen LogP contribution in [-0.2, 0) is 0 Å². The molecule has 64 valence electrons. The standard InChI is InChI=1S/C6H14N4S/c1-4(2)9-10-5(3)7-8-6(10)11/h4-5,7,9H,1-3H3,(H,8,11)/t5-/m0/s1. The Balaban J connectivity index is 2.48. The van der Waals surface area contributed by atoms with Gasteiger partial charge in [-0.25, -0.2) is 10.9 Å². The Morgan fingerprint density at radius 3 is 2.64 bits per heavy atom. The molecule has 0 spiro atoms. The van der Waals surface area contributed by atoms with Crippen molar-refractivity contribution in [1.29, 1.82) is 0 Å². The van der Waals surface area contributed by atoms with Gasteiger partial charge in [-0.05, 0) is 33.0 Å². The molecule has 1 saturated heterocycles. The molecule has 0 aromatic heterocycles. The van der Waals surface area contributed by atoms with Gasteiger partial charge in [0.2, 0.25) is 0 Å². The number of rotatable bonds is 2. The fourth-order valence-electron chi connectivity index (χ4n) is 0.915. The van der Waals surface area contributed by atoms with Gasteiger partial charge in [0.25, 0.3) is 0 Å². The van der Waals surface area contributed by atoms with Crippen molar-refractivity contribution in [1.82, 2.24) is 21.3 Å². The lowest BCUT2D eigenvalue weighted by Gasteiger charge is -2.23. The van der Waals surface area contributed by atoms with Crippen molar-refractivity contribution in [3.8, 4) is 0 Å². The lowest BCUT2D eigenvalue weighted by atomic mass is 10.4. The summed E-state index contributed by atoms with van der Waals surface area (Å²) in [6.45, 7) is 6.18. The predicted octanol–water partition coefficient (Wildman–Crippen LogP) is -0.0599. The molecule has 1 fully saturated rings. The van der Waals surface area contributed by atoms with Gasteiger partial charge >= 0.3 is 0 Å². The zero-order valence-electron chi connectivity index (χ0n) is 7.01. The van der Waals surface area contributed by atoms with E-state index >= 15 is 0 Å². The largest absolute Gasteiger partial charge is 0.295 e. The molecule has 0 unspecified atom stereocenters. The molecule has 1 atom stereocenters. The van der Waals surface area contributed by atoms with Gasteiger partial charge in [-0.15, -0.1) is 0 Å². The first-order valence-electron chi connectivity index (χ1n) is 3.72. The summed E-state index contributed by atoms with van der Waals surface area (Å²) in [6.07, 6.45) is 0.213. The van der Waals surface area contributed by atoms with Gasteiger partial charge in [0.05, 0.1) is 0 Å². The van der Waals surface area contributed by atoms with Crippen molar-refractivity contribution >= 4 is 17.3 Å². The lowest BCUT2D eigenvalue weighted by Crippen LogP contribution is -2.48. The number of hydrogen-bond acceptors (Lipinski definition) is 3. The molecule has 1 heterocycles. The van der Waals surface area contributed by atoms with Gasteiger partial charge in [-0.1, -0.05) is 0 Å². The Bertz CT molecular complexity index is 159. The molecule has 3 N–H and O–H groups in total. The Labute approximate surface area is 72.3 Å². The summed E-state index contributed by atoms with van der Waals surface area (Å²) in [5.74, 6) is 0. The summed E-state index contributed by atoms with van der Waals surface area (Å²) in [7, 11) is 0. The summed E-state index contributed by atoms with van der Waals surface area (Å²) < 4.78 is 0. The first kappa shape index (κ1) is 8.70. The predicted molar refractivity (Wildman–Crippen MR) is 48.4 cm³/mol. The van der Waals surface area contributed by atoms with Crippen molar-refractivity contribution in [2.45, 2.75) is 33.0 Å². The van der Waals surface area contributed by atoms with Crippen molar-refractivity contribution in [2.75, 3.05) is 0 Å². The molecule has 0 bridgehead atoms. The summed E-state index contributed by atoms with van der Waals surface area (Å²) in [4.78, 5) is 0. The fourth-order valence-corrected chi connectivity index (χ4v) is 1.19. The van der Waals surface area contributed by atoms with Crippen LogP contribution in [0.25, 0.3) is 0 Å². The number of hydrogen-bond donors (Lipinski definition) is 3. The zero-order chi connectivity index (χ0) is 8.43. The first-order chi connectivity index (χ1) is 5.11. The fraction of sp³-hybridized carbons (Fsp3) is 0.833. The van der Waals surface area contributed by atoms with Crippen LogP contribution in [0.15, 0.2) is 0 Å². The van der Waals surface area contributed by atoms with Crippen LogP contribution in [0, 0.1) is 0 Å². The second kappa shape index (κ2) is 3.34. The van der Waals surface area contributed by atoms with Crippen LogP contribution in [0.2, 0.25) is 0 Å². The van der Waals surface area contributed by atoms with Crippen molar-refractivity contribution in [3.63, 3.8) is 0 Å². The highest BCUT2D eigenvalue weighted by Gasteiger charge is 2.23. The number of thiocarbonyl (C=S) groups is 1. The third kappa shape index (κ3) is 2.02. The van der Waals surface area contributed by atoms with Crippen LogP contribution in [0.4, 0.5) is 0 Å². The van der Waals surface area contributed by atoms with E-state index in [1.165, 1.54) is 0 Å². The maximum atomic E-state index is 5.03. The van der Waals surface area contributed by atoms with Crippen molar-refractivity contribution < 1.29 is 0 Å². The molecule has 0 radical (unpaired) electrons. The molecule has 5 heteroatoms. The molecular weight excluding hydrogens is 160 g/mol. The van der Waals surface area contributed by atoms with Gasteiger partial charge in [0.15, 0.2) is 5.11 Å². The van der Waals surface area contributed by atoms with Crippen LogP contribution in [0.5, 0.6) is 0 Å². The maximum absolute atomic E-state index is 5.03. The van der Waals surface area contributed by atoms with Crippen LogP contribution in [0.3, 0.4) is 0 Å². The molecule has 0 aliphatic carbocycles. The highest BCUT2D eigenvalue weighted by Crippen LogP contribution is 1.98. The minimum absolute atomic E-state index is 0.213. The Morgan fingerprint density at radius 1 is 1.64 bits per heavy atom. The number of hydrazine groups is 2. The van der Waals surface area contributed by atoms with Crippen molar-refractivity contribution in [3.05, 3.63) is 0 Å². The molecule has 1 rings (SSSR count). The van der Waals surface area contributed by atoms with Gasteiger partial charge in [0, 0.05) is 6.04 Å². The summed E-state index contributed by atoms with van der Waals surface area (Å²) >= 11 is 5.03. The summed E-state index contributed by atoms with van der Waals surface area (Å²) in [6, 6.07) is 0.400.